The average molecular weight is 368 g/mol. The first-order valence-corrected chi connectivity index (χ1v) is 8.58. The summed E-state index contributed by atoms with van der Waals surface area (Å²) in [4.78, 5) is 2.29. The molecule has 0 fully saturated rings. The highest BCUT2D eigenvalue weighted by Crippen LogP contribution is 2.25. The van der Waals surface area contributed by atoms with E-state index in [4.69, 9.17) is 35.4 Å². The molecule has 23 heavy (non-hydrogen) atoms. The van der Waals surface area contributed by atoms with Gasteiger partial charge in [0, 0.05) is 30.2 Å². The Bertz CT molecular complexity index is 670. The molecule has 0 heterocycles. The summed E-state index contributed by atoms with van der Waals surface area (Å²) in [6, 6.07) is 13.5. The van der Waals surface area contributed by atoms with E-state index < -0.39 is 0 Å². The molecule has 6 heteroatoms. The molecule has 122 valence electrons. The third-order valence-electron chi connectivity index (χ3n) is 3.43. The van der Waals surface area contributed by atoms with Crippen LogP contribution in [0.15, 0.2) is 42.5 Å². The molecule has 0 unspecified atom stereocenters. The highest BCUT2D eigenvalue weighted by atomic mass is 35.5. The summed E-state index contributed by atoms with van der Waals surface area (Å²) < 4.78 is 0. The molecular weight excluding hydrogens is 349 g/mol. The second-order valence-electron chi connectivity index (χ2n) is 4.93. The van der Waals surface area contributed by atoms with Gasteiger partial charge in [-0.05, 0) is 68.5 Å². The standard InChI is InChI=1S/C17H19Cl2N3S/c1-3-22(4-2)14-8-5-12(6-9-14)20-17(23)21-13-7-10-15(18)16(19)11-13/h5-11H,3-4H2,1-2H3,(H2,20,21,23). The van der Waals surface area contributed by atoms with Crippen molar-refractivity contribution < 1.29 is 0 Å². The van der Waals surface area contributed by atoms with Gasteiger partial charge in [0.1, 0.15) is 0 Å². The van der Waals surface area contributed by atoms with Crippen LogP contribution in [0.3, 0.4) is 0 Å². The lowest BCUT2D eigenvalue weighted by Gasteiger charge is -2.21. The predicted octanol–water partition coefficient (Wildman–Crippen LogP) is 5.65. The lowest BCUT2D eigenvalue weighted by atomic mass is 10.2. The van der Waals surface area contributed by atoms with Gasteiger partial charge in [-0.3, -0.25) is 0 Å². The zero-order valence-corrected chi connectivity index (χ0v) is 15.4. The molecule has 0 saturated carbocycles. The summed E-state index contributed by atoms with van der Waals surface area (Å²) in [7, 11) is 0. The van der Waals surface area contributed by atoms with E-state index in [0.29, 0.717) is 15.2 Å². The first-order chi connectivity index (χ1) is 11.0. The Kier molecular flexibility index (Phi) is 6.51. The largest absolute Gasteiger partial charge is 0.372 e. The molecule has 0 aliphatic carbocycles. The van der Waals surface area contributed by atoms with Crippen LogP contribution < -0.4 is 15.5 Å². The Balaban J connectivity index is 1.98. The van der Waals surface area contributed by atoms with Crippen molar-refractivity contribution in [2.45, 2.75) is 13.8 Å². The number of halogens is 2. The molecule has 3 nitrogen and oxygen atoms in total. The monoisotopic (exact) mass is 367 g/mol. The highest BCUT2D eigenvalue weighted by molar-refractivity contribution is 7.80. The lowest BCUT2D eigenvalue weighted by Crippen LogP contribution is -2.22. The zero-order valence-electron chi connectivity index (χ0n) is 13.1. The fourth-order valence-corrected chi connectivity index (χ4v) is 2.75. The van der Waals surface area contributed by atoms with Crippen LogP contribution in [0.4, 0.5) is 17.1 Å². The molecule has 0 radical (unpaired) electrons. The highest BCUT2D eigenvalue weighted by Gasteiger charge is 2.04. The molecule has 2 aromatic rings. The van der Waals surface area contributed by atoms with Crippen LogP contribution in [0, 0.1) is 0 Å². The molecule has 0 saturated heterocycles. The molecule has 2 aromatic carbocycles. The van der Waals surface area contributed by atoms with E-state index in [1.807, 2.05) is 18.2 Å². The van der Waals surface area contributed by atoms with Gasteiger partial charge in [0.2, 0.25) is 0 Å². The van der Waals surface area contributed by atoms with Crippen LogP contribution in [0.25, 0.3) is 0 Å². The predicted molar refractivity (Wildman–Crippen MR) is 106 cm³/mol. The molecule has 0 atom stereocenters. The molecule has 2 N–H and O–H groups in total. The second kappa shape index (κ2) is 8.39. The van der Waals surface area contributed by atoms with E-state index in [0.717, 1.165) is 24.5 Å². The van der Waals surface area contributed by atoms with Crippen LogP contribution in [0.2, 0.25) is 10.0 Å². The number of anilines is 3. The smallest absolute Gasteiger partial charge is 0.175 e. The summed E-state index contributed by atoms with van der Waals surface area (Å²) in [6.45, 7) is 6.26. The van der Waals surface area contributed by atoms with Gasteiger partial charge in [-0.15, -0.1) is 0 Å². The topological polar surface area (TPSA) is 27.3 Å². The summed E-state index contributed by atoms with van der Waals surface area (Å²) in [6.07, 6.45) is 0. The van der Waals surface area contributed by atoms with E-state index in [9.17, 15) is 0 Å². The Morgan fingerprint density at radius 1 is 0.913 bits per heavy atom. The van der Waals surface area contributed by atoms with Gasteiger partial charge in [-0.2, -0.15) is 0 Å². The number of hydrogen-bond acceptors (Lipinski definition) is 2. The Hall–Kier alpha value is -1.49. The number of thiocarbonyl (C=S) groups is 1. The number of nitrogens with one attached hydrogen (secondary N) is 2. The summed E-state index contributed by atoms with van der Waals surface area (Å²) in [5, 5.41) is 7.74. The van der Waals surface area contributed by atoms with Crippen molar-refractivity contribution in [1.82, 2.24) is 0 Å². The Morgan fingerprint density at radius 3 is 2.04 bits per heavy atom. The van der Waals surface area contributed by atoms with Gasteiger partial charge in [0.05, 0.1) is 10.0 Å². The minimum atomic E-state index is 0.489. The third kappa shape index (κ3) is 4.99. The summed E-state index contributed by atoms with van der Waals surface area (Å²) in [5.74, 6) is 0. The van der Waals surface area contributed by atoms with Crippen molar-refractivity contribution >= 4 is 57.6 Å². The molecule has 0 spiro atoms. The summed E-state index contributed by atoms with van der Waals surface area (Å²) in [5.41, 5.74) is 2.92. The van der Waals surface area contributed by atoms with E-state index in [1.165, 1.54) is 5.69 Å². The van der Waals surface area contributed by atoms with Gasteiger partial charge in [-0.1, -0.05) is 23.2 Å². The maximum atomic E-state index is 5.99. The van der Waals surface area contributed by atoms with E-state index in [-0.39, 0.29) is 0 Å². The van der Waals surface area contributed by atoms with Crippen LogP contribution in [-0.4, -0.2) is 18.2 Å². The minimum absolute atomic E-state index is 0.489. The van der Waals surface area contributed by atoms with E-state index >= 15 is 0 Å². The SMILES string of the molecule is CCN(CC)c1ccc(NC(=S)Nc2ccc(Cl)c(Cl)c2)cc1. The van der Waals surface area contributed by atoms with Gasteiger partial charge >= 0.3 is 0 Å². The average Bonchev–Trinajstić information content (AvgIpc) is 2.53. The van der Waals surface area contributed by atoms with Crippen molar-refractivity contribution in [3.05, 3.63) is 52.5 Å². The van der Waals surface area contributed by atoms with Crippen LogP contribution >= 0.6 is 35.4 Å². The fourth-order valence-electron chi connectivity index (χ4n) is 2.21. The molecule has 0 aliphatic rings. The molecule has 0 amide bonds. The number of hydrogen-bond donors (Lipinski definition) is 2. The van der Waals surface area contributed by atoms with Crippen molar-refractivity contribution in [1.29, 1.82) is 0 Å². The van der Waals surface area contributed by atoms with Gasteiger partial charge in [0.25, 0.3) is 0 Å². The first kappa shape index (κ1) is 17.9. The van der Waals surface area contributed by atoms with Crippen LogP contribution in [-0.2, 0) is 0 Å². The fraction of sp³-hybridized carbons (Fsp3) is 0.235. The molecule has 2 rings (SSSR count). The molecule has 0 aliphatic heterocycles. The van der Waals surface area contributed by atoms with Crippen LogP contribution in [0.1, 0.15) is 13.8 Å². The first-order valence-electron chi connectivity index (χ1n) is 7.41. The quantitative estimate of drug-likeness (QED) is 0.667. The van der Waals surface area contributed by atoms with Crippen molar-refractivity contribution in [2.24, 2.45) is 0 Å². The van der Waals surface area contributed by atoms with Crippen LogP contribution in [0.5, 0.6) is 0 Å². The zero-order chi connectivity index (χ0) is 16.8. The van der Waals surface area contributed by atoms with Crippen molar-refractivity contribution in [3.63, 3.8) is 0 Å². The van der Waals surface area contributed by atoms with Crippen molar-refractivity contribution in [2.75, 3.05) is 28.6 Å². The molecule has 0 aromatic heterocycles. The second-order valence-corrected chi connectivity index (χ2v) is 6.15. The maximum absolute atomic E-state index is 5.99. The summed E-state index contributed by atoms with van der Waals surface area (Å²) >= 11 is 17.2. The number of nitrogens with zero attached hydrogens (tertiary/aromatic N) is 1. The maximum Gasteiger partial charge on any atom is 0.175 e. The van der Waals surface area contributed by atoms with Gasteiger partial charge < -0.3 is 15.5 Å². The Labute approximate surface area is 152 Å². The number of benzene rings is 2. The lowest BCUT2D eigenvalue weighted by molar-refractivity contribution is 0.866. The normalized spacial score (nSPS) is 10.3. The molecular formula is C17H19Cl2N3S. The van der Waals surface area contributed by atoms with Crippen molar-refractivity contribution in [3.8, 4) is 0 Å². The van der Waals surface area contributed by atoms with Gasteiger partial charge in [-0.25, -0.2) is 0 Å². The number of rotatable bonds is 5. The third-order valence-corrected chi connectivity index (χ3v) is 4.37. The van der Waals surface area contributed by atoms with E-state index in [1.54, 1.807) is 12.1 Å². The molecule has 0 bridgehead atoms. The minimum Gasteiger partial charge on any atom is -0.372 e. The van der Waals surface area contributed by atoms with Gasteiger partial charge in [0.15, 0.2) is 5.11 Å². The van der Waals surface area contributed by atoms with E-state index in [2.05, 4.69) is 41.5 Å². The Morgan fingerprint density at radius 2 is 1.48 bits per heavy atom.